The molecule has 0 aliphatic rings. The lowest BCUT2D eigenvalue weighted by molar-refractivity contribution is 0.474. The van der Waals surface area contributed by atoms with Crippen LogP contribution in [0.25, 0.3) is 0 Å². The van der Waals surface area contributed by atoms with Gasteiger partial charge in [-0.3, -0.25) is 4.68 Å². The molecule has 0 fully saturated rings. The number of aryl methyl sites for hydroxylation is 2. The van der Waals surface area contributed by atoms with Crippen LogP contribution >= 0.6 is 0 Å². The van der Waals surface area contributed by atoms with Crippen LogP contribution in [0.2, 0.25) is 0 Å². The van der Waals surface area contributed by atoms with Gasteiger partial charge >= 0.3 is 0 Å². The normalized spacial score (nSPS) is 11.5. The number of rotatable bonds is 9. The standard InChI is InChI=1S/C16H31N3/c1-6-10-17-12-14-15(7-2)18-19(16(14)8-3)11-9-13(4)5/h13,17H,6-12H2,1-5H3. The van der Waals surface area contributed by atoms with Gasteiger partial charge in [0, 0.05) is 24.3 Å². The fourth-order valence-electron chi connectivity index (χ4n) is 2.43. The minimum atomic E-state index is 0.737. The van der Waals surface area contributed by atoms with E-state index in [2.05, 4.69) is 44.6 Å². The lowest BCUT2D eigenvalue weighted by Gasteiger charge is -2.10. The molecule has 3 heteroatoms. The molecule has 0 aliphatic heterocycles. The second-order valence-electron chi connectivity index (χ2n) is 5.66. The van der Waals surface area contributed by atoms with Crippen molar-refractivity contribution in [1.82, 2.24) is 15.1 Å². The van der Waals surface area contributed by atoms with E-state index in [1.54, 1.807) is 0 Å². The van der Waals surface area contributed by atoms with Crippen LogP contribution < -0.4 is 5.32 Å². The van der Waals surface area contributed by atoms with Crippen molar-refractivity contribution < 1.29 is 0 Å². The first-order valence-electron chi connectivity index (χ1n) is 7.92. The van der Waals surface area contributed by atoms with Crippen LogP contribution in [0.15, 0.2) is 0 Å². The van der Waals surface area contributed by atoms with Gasteiger partial charge in [-0.15, -0.1) is 0 Å². The van der Waals surface area contributed by atoms with Gasteiger partial charge in [-0.1, -0.05) is 34.6 Å². The Morgan fingerprint density at radius 1 is 1.16 bits per heavy atom. The summed E-state index contributed by atoms with van der Waals surface area (Å²) >= 11 is 0. The monoisotopic (exact) mass is 265 g/mol. The SMILES string of the molecule is CCCNCc1c(CC)nn(CCC(C)C)c1CC. The second-order valence-corrected chi connectivity index (χ2v) is 5.66. The van der Waals surface area contributed by atoms with Gasteiger partial charge in [0.2, 0.25) is 0 Å². The van der Waals surface area contributed by atoms with Crippen LogP contribution in [-0.2, 0) is 25.9 Å². The summed E-state index contributed by atoms with van der Waals surface area (Å²) in [5.74, 6) is 0.737. The summed E-state index contributed by atoms with van der Waals surface area (Å²) in [7, 11) is 0. The molecule has 0 aromatic carbocycles. The maximum atomic E-state index is 4.83. The molecule has 0 radical (unpaired) electrons. The molecule has 0 aliphatic carbocycles. The van der Waals surface area contributed by atoms with E-state index in [0.29, 0.717) is 0 Å². The third-order valence-corrected chi connectivity index (χ3v) is 3.57. The molecule has 110 valence electrons. The quantitative estimate of drug-likeness (QED) is 0.692. The van der Waals surface area contributed by atoms with Crippen molar-refractivity contribution in [2.75, 3.05) is 6.54 Å². The smallest absolute Gasteiger partial charge is 0.0669 e. The number of nitrogens with one attached hydrogen (secondary N) is 1. The van der Waals surface area contributed by atoms with Crippen LogP contribution in [-0.4, -0.2) is 16.3 Å². The van der Waals surface area contributed by atoms with Crippen LogP contribution in [0.4, 0.5) is 0 Å². The summed E-state index contributed by atoms with van der Waals surface area (Å²) < 4.78 is 2.25. The van der Waals surface area contributed by atoms with Crippen molar-refractivity contribution >= 4 is 0 Å². The van der Waals surface area contributed by atoms with Crippen molar-refractivity contribution in [2.24, 2.45) is 5.92 Å². The van der Waals surface area contributed by atoms with Gasteiger partial charge in [0.25, 0.3) is 0 Å². The highest BCUT2D eigenvalue weighted by Crippen LogP contribution is 2.17. The first-order chi connectivity index (χ1) is 9.13. The van der Waals surface area contributed by atoms with Crippen molar-refractivity contribution in [3.63, 3.8) is 0 Å². The zero-order valence-electron chi connectivity index (χ0n) is 13.4. The van der Waals surface area contributed by atoms with Gasteiger partial charge in [-0.2, -0.15) is 5.10 Å². The van der Waals surface area contributed by atoms with Gasteiger partial charge in [0.15, 0.2) is 0 Å². The molecule has 1 rings (SSSR count). The number of aromatic nitrogens is 2. The largest absolute Gasteiger partial charge is 0.313 e. The molecule has 19 heavy (non-hydrogen) atoms. The Kier molecular flexibility index (Phi) is 7.14. The van der Waals surface area contributed by atoms with Gasteiger partial charge in [0.1, 0.15) is 0 Å². The molecule has 1 aromatic heterocycles. The number of hydrogen-bond acceptors (Lipinski definition) is 2. The Bertz CT molecular complexity index is 366. The molecule has 0 spiro atoms. The van der Waals surface area contributed by atoms with Gasteiger partial charge in [-0.25, -0.2) is 0 Å². The van der Waals surface area contributed by atoms with Crippen molar-refractivity contribution in [3.8, 4) is 0 Å². The molecule has 1 N–H and O–H groups in total. The maximum Gasteiger partial charge on any atom is 0.0669 e. The van der Waals surface area contributed by atoms with Crippen LogP contribution in [0.3, 0.4) is 0 Å². The van der Waals surface area contributed by atoms with E-state index in [-0.39, 0.29) is 0 Å². The Morgan fingerprint density at radius 2 is 1.89 bits per heavy atom. The Labute approximate surface area is 118 Å². The lowest BCUT2D eigenvalue weighted by atomic mass is 10.1. The molecule has 3 nitrogen and oxygen atoms in total. The van der Waals surface area contributed by atoms with E-state index in [0.717, 1.165) is 38.4 Å². The second kappa shape index (κ2) is 8.36. The topological polar surface area (TPSA) is 29.9 Å². The molecule has 0 unspecified atom stereocenters. The summed E-state index contributed by atoms with van der Waals surface area (Å²) in [5.41, 5.74) is 4.16. The number of hydrogen-bond donors (Lipinski definition) is 1. The predicted molar refractivity (Wildman–Crippen MR) is 82.4 cm³/mol. The maximum absolute atomic E-state index is 4.83. The van der Waals surface area contributed by atoms with Gasteiger partial charge in [-0.05, 0) is 38.1 Å². The average molecular weight is 265 g/mol. The van der Waals surface area contributed by atoms with Crippen molar-refractivity contribution in [1.29, 1.82) is 0 Å². The Balaban J connectivity index is 2.86. The summed E-state index contributed by atoms with van der Waals surface area (Å²) in [5, 5.41) is 8.35. The number of nitrogens with zero attached hydrogens (tertiary/aromatic N) is 2. The van der Waals surface area contributed by atoms with E-state index >= 15 is 0 Å². The van der Waals surface area contributed by atoms with Crippen molar-refractivity contribution in [2.45, 2.75) is 73.4 Å². The summed E-state index contributed by atoms with van der Waals surface area (Å²) in [6.07, 6.45) is 4.50. The van der Waals surface area contributed by atoms with Gasteiger partial charge in [0.05, 0.1) is 5.69 Å². The lowest BCUT2D eigenvalue weighted by Crippen LogP contribution is -2.16. The molecule has 0 bridgehead atoms. The first kappa shape index (κ1) is 16.2. The highest BCUT2D eigenvalue weighted by atomic mass is 15.3. The molecule has 1 heterocycles. The zero-order chi connectivity index (χ0) is 14.3. The minimum Gasteiger partial charge on any atom is -0.313 e. The van der Waals surface area contributed by atoms with E-state index in [1.807, 2.05) is 0 Å². The first-order valence-corrected chi connectivity index (χ1v) is 7.92. The van der Waals surface area contributed by atoms with Crippen LogP contribution in [0, 0.1) is 5.92 Å². The Hall–Kier alpha value is -0.830. The molecule has 0 saturated carbocycles. The molecule has 1 aromatic rings. The average Bonchev–Trinajstić information content (AvgIpc) is 2.73. The predicted octanol–water partition coefficient (Wildman–Crippen LogP) is 3.55. The summed E-state index contributed by atoms with van der Waals surface area (Å²) in [6.45, 7) is 14.3. The molecule has 0 saturated heterocycles. The third kappa shape index (κ3) is 4.64. The molecule has 0 atom stereocenters. The highest BCUT2D eigenvalue weighted by molar-refractivity contribution is 5.26. The van der Waals surface area contributed by atoms with E-state index in [1.165, 1.54) is 29.8 Å². The van der Waals surface area contributed by atoms with Crippen LogP contribution in [0.1, 0.15) is 64.4 Å². The summed E-state index contributed by atoms with van der Waals surface area (Å²) in [6, 6.07) is 0. The molecular formula is C16H31N3. The fourth-order valence-corrected chi connectivity index (χ4v) is 2.43. The fraction of sp³-hybridized carbons (Fsp3) is 0.812. The minimum absolute atomic E-state index is 0.737. The zero-order valence-corrected chi connectivity index (χ0v) is 13.4. The molecular weight excluding hydrogens is 234 g/mol. The van der Waals surface area contributed by atoms with E-state index in [4.69, 9.17) is 5.10 Å². The summed E-state index contributed by atoms with van der Waals surface area (Å²) in [4.78, 5) is 0. The van der Waals surface area contributed by atoms with Crippen molar-refractivity contribution in [3.05, 3.63) is 17.0 Å². The molecule has 0 amide bonds. The Morgan fingerprint density at radius 3 is 2.42 bits per heavy atom. The highest BCUT2D eigenvalue weighted by Gasteiger charge is 2.14. The van der Waals surface area contributed by atoms with E-state index in [9.17, 15) is 0 Å². The third-order valence-electron chi connectivity index (χ3n) is 3.57. The van der Waals surface area contributed by atoms with Crippen LogP contribution in [0.5, 0.6) is 0 Å². The van der Waals surface area contributed by atoms with Gasteiger partial charge < -0.3 is 5.32 Å². The van der Waals surface area contributed by atoms with E-state index < -0.39 is 0 Å².